The lowest BCUT2D eigenvalue weighted by atomic mass is 10.2. The minimum Gasteiger partial charge on any atom is -0.453 e. The number of rotatable bonds is 5. The fourth-order valence-electron chi connectivity index (χ4n) is 3.19. The lowest BCUT2D eigenvalue weighted by molar-refractivity contribution is 0.0452. The maximum Gasteiger partial charge on any atom is 0.378 e. The summed E-state index contributed by atoms with van der Waals surface area (Å²) in [6.07, 6.45) is 0. The maximum atomic E-state index is 13.4. The highest BCUT2D eigenvalue weighted by molar-refractivity contribution is 7.13. The van der Waals surface area contributed by atoms with Gasteiger partial charge in [0.2, 0.25) is 0 Å². The molecule has 5 rings (SSSR count). The lowest BCUT2D eigenvalue weighted by Crippen LogP contribution is -2.10. The van der Waals surface area contributed by atoms with E-state index in [1.807, 2.05) is 48.7 Å². The Labute approximate surface area is 186 Å². The van der Waals surface area contributed by atoms with Gasteiger partial charge in [-0.15, -0.1) is 16.4 Å². The standard InChI is InChI=1S/C23H16FN5O2S/c1-14-19(26-18-6-3-2-5-17(18)25-14)13-31-23(30)21-27-22(20-7-4-12-32-20)29(28-21)16-10-8-15(24)9-11-16/h2-12H,13H2,1H3. The van der Waals surface area contributed by atoms with Gasteiger partial charge in [0.1, 0.15) is 12.4 Å². The van der Waals surface area contributed by atoms with Crippen molar-refractivity contribution in [2.75, 3.05) is 0 Å². The lowest BCUT2D eigenvalue weighted by Gasteiger charge is -2.06. The first-order valence-electron chi connectivity index (χ1n) is 9.75. The molecule has 9 heteroatoms. The predicted octanol–water partition coefficient (Wildman–Crippen LogP) is 4.74. The zero-order valence-electron chi connectivity index (χ0n) is 16.9. The number of aryl methyl sites for hydroxylation is 1. The molecule has 7 nitrogen and oxygen atoms in total. The molecule has 0 radical (unpaired) electrons. The van der Waals surface area contributed by atoms with Crippen LogP contribution in [0.25, 0.3) is 27.4 Å². The van der Waals surface area contributed by atoms with Gasteiger partial charge in [0, 0.05) is 0 Å². The van der Waals surface area contributed by atoms with Crippen molar-refractivity contribution in [3.63, 3.8) is 0 Å². The van der Waals surface area contributed by atoms with Gasteiger partial charge in [-0.2, -0.15) is 4.98 Å². The number of benzene rings is 2. The number of thiophene rings is 1. The number of hydrogen-bond donors (Lipinski definition) is 0. The summed E-state index contributed by atoms with van der Waals surface area (Å²) in [5, 5.41) is 6.23. The molecule has 0 amide bonds. The molecule has 2 aromatic carbocycles. The third-order valence-electron chi connectivity index (χ3n) is 4.79. The molecule has 0 fully saturated rings. The van der Waals surface area contributed by atoms with Crippen LogP contribution in [0.1, 0.15) is 22.0 Å². The van der Waals surface area contributed by atoms with E-state index in [4.69, 9.17) is 4.74 Å². The van der Waals surface area contributed by atoms with Crippen LogP contribution in [-0.4, -0.2) is 30.7 Å². The number of aromatic nitrogens is 5. The molecule has 0 spiro atoms. The molecule has 0 N–H and O–H groups in total. The van der Waals surface area contributed by atoms with Crippen molar-refractivity contribution in [3.05, 3.63) is 89.1 Å². The van der Waals surface area contributed by atoms with Crippen molar-refractivity contribution in [1.29, 1.82) is 0 Å². The Morgan fingerprint density at radius 3 is 2.47 bits per heavy atom. The largest absolute Gasteiger partial charge is 0.453 e. The van der Waals surface area contributed by atoms with Crippen LogP contribution in [0.15, 0.2) is 66.0 Å². The number of hydrogen-bond acceptors (Lipinski definition) is 7. The molecule has 32 heavy (non-hydrogen) atoms. The maximum absolute atomic E-state index is 13.4. The molecule has 0 aliphatic rings. The molecule has 0 bridgehead atoms. The molecule has 0 aliphatic heterocycles. The van der Waals surface area contributed by atoms with Gasteiger partial charge < -0.3 is 4.74 Å². The third-order valence-corrected chi connectivity index (χ3v) is 5.65. The van der Waals surface area contributed by atoms with Crippen molar-refractivity contribution in [2.24, 2.45) is 0 Å². The zero-order chi connectivity index (χ0) is 22.1. The topological polar surface area (TPSA) is 82.8 Å². The normalized spacial score (nSPS) is 11.1. The summed E-state index contributed by atoms with van der Waals surface area (Å²) in [6, 6.07) is 17.1. The SMILES string of the molecule is Cc1nc2ccccc2nc1COC(=O)c1nc(-c2cccs2)n(-c2ccc(F)cc2)n1. The van der Waals surface area contributed by atoms with E-state index < -0.39 is 5.97 Å². The number of para-hydroxylation sites is 2. The van der Waals surface area contributed by atoms with Gasteiger partial charge in [-0.1, -0.05) is 18.2 Å². The first-order chi connectivity index (χ1) is 15.6. The van der Waals surface area contributed by atoms with Gasteiger partial charge in [-0.25, -0.2) is 23.8 Å². The summed E-state index contributed by atoms with van der Waals surface area (Å²) in [5.41, 5.74) is 3.33. The van der Waals surface area contributed by atoms with Crippen molar-refractivity contribution in [2.45, 2.75) is 13.5 Å². The Hall–Kier alpha value is -3.98. The summed E-state index contributed by atoms with van der Waals surface area (Å²) in [5.74, 6) is -0.666. The Morgan fingerprint density at radius 1 is 1.00 bits per heavy atom. The summed E-state index contributed by atoms with van der Waals surface area (Å²) in [4.78, 5) is 27.0. The molecule has 3 aromatic heterocycles. The average Bonchev–Trinajstić information content (AvgIpc) is 3.48. The van der Waals surface area contributed by atoms with E-state index in [9.17, 15) is 9.18 Å². The Kier molecular flexibility index (Phi) is 5.16. The Bertz CT molecular complexity index is 1410. The first kappa shape index (κ1) is 20.0. The second kappa shape index (κ2) is 8.27. The van der Waals surface area contributed by atoms with Crippen LogP contribution in [0.2, 0.25) is 0 Å². The number of nitrogens with zero attached hydrogens (tertiary/aromatic N) is 5. The minimum absolute atomic E-state index is 0.0536. The van der Waals surface area contributed by atoms with Gasteiger partial charge in [0.15, 0.2) is 5.82 Å². The summed E-state index contributed by atoms with van der Waals surface area (Å²) in [7, 11) is 0. The average molecular weight is 445 g/mol. The molecule has 0 atom stereocenters. The first-order valence-corrected chi connectivity index (χ1v) is 10.6. The minimum atomic E-state index is -0.682. The summed E-state index contributed by atoms with van der Waals surface area (Å²) < 4.78 is 20.3. The van der Waals surface area contributed by atoms with Gasteiger partial charge >= 0.3 is 5.97 Å². The molecular formula is C23H16FN5O2S. The van der Waals surface area contributed by atoms with Crippen LogP contribution in [0.5, 0.6) is 0 Å². The van der Waals surface area contributed by atoms with E-state index in [-0.39, 0.29) is 18.2 Å². The van der Waals surface area contributed by atoms with E-state index in [2.05, 4.69) is 20.1 Å². The van der Waals surface area contributed by atoms with E-state index in [1.54, 1.807) is 12.1 Å². The number of halogens is 1. The number of carbonyl (C=O) groups is 1. The molecular weight excluding hydrogens is 429 g/mol. The quantitative estimate of drug-likeness (QED) is 0.363. The van der Waals surface area contributed by atoms with E-state index in [1.165, 1.54) is 28.2 Å². The molecule has 0 saturated carbocycles. The number of fused-ring (bicyclic) bond motifs is 1. The fraction of sp³-hybridized carbons (Fsp3) is 0.0870. The van der Waals surface area contributed by atoms with Crippen molar-refractivity contribution in [1.82, 2.24) is 24.7 Å². The second-order valence-electron chi connectivity index (χ2n) is 6.95. The van der Waals surface area contributed by atoms with Crippen LogP contribution in [0.4, 0.5) is 4.39 Å². The third kappa shape index (κ3) is 3.85. The Balaban J connectivity index is 1.43. The molecule has 0 aliphatic carbocycles. The highest BCUT2D eigenvalue weighted by Gasteiger charge is 2.21. The van der Waals surface area contributed by atoms with Gasteiger partial charge in [-0.05, 0) is 54.8 Å². The predicted molar refractivity (Wildman–Crippen MR) is 118 cm³/mol. The van der Waals surface area contributed by atoms with Crippen molar-refractivity contribution >= 4 is 28.3 Å². The van der Waals surface area contributed by atoms with E-state index in [0.29, 0.717) is 22.9 Å². The highest BCUT2D eigenvalue weighted by atomic mass is 32.1. The van der Waals surface area contributed by atoms with Gasteiger partial charge in [0.25, 0.3) is 5.82 Å². The smallest absolute Gasteiger partial charge is 0.378 e. The van der Waals surface area contributed by atoms with Crippen LogP contribution in [-0.2, 0) is 11.3 Å². The molecule has 0 unspecified atom stereocenters. The van der Waals surface area contributed by atoms with Crippen LogP contribution in [0, 0.1) is 12.7 Å². The van der Waals surface area contributed by atoms with E-state index in [0.717, 1.165) is 15.9 Å². The zero-order valence-corrected chi connectivity index (χ0v) is 17.7. The molecule has 3 heterocycles. The number of ether oxygens (including phenoxy) is 1. The highest BCUT2D eigenvalue weighted by Crippen LogP contribution is 2.26. The second-order valence-corrected chi connectivity index (χ2v) is 7.89. The van der Waals surface area contributed by atoms with Gasteiger partial charge in [0.05, 0.1) is 33.0 Å². The molecule has 5 aromatic rings. The molecule has 0 saturated heterocycles. The summed E-state index contributed by atoms with van der Waals surface area (Å²) in [6.45, 7) is 1.76. The summed E-state index contributed by atoms with van der Waals surface area (Å²) >= 11 is 1.46. The van der Waals surface area contributed by atoms with Crippen LogP contribution >= 0.6 is 11.3 Å². The Morgan fingerprint density at radius 2 is 1.75 bits per heavy atom. The van der Waals surface area contributed by atoms with Crippen LogP contribution < -0.4 is 0 Å². The fourth-order valence-corrected chi connectivity index (χ4v) is 3.88. The monoisotopic (exact) mass is 445 g/mol. The van der Waals surface area contributed by atoms with Crippen molar-refractivity contribution in [3.8, 4) is 16.4 Å². The van der Waals surface area contributed by atoms with Crippen molar-refractivity contribution < 1.29 is 13.9 Å². The number of esters is 1. The van der Waals surface area contributed by atoms with Crippen LogP contribution in [0.3, 0.4) is 0 Å². The molecule has 158 valence electrons. The van der Waals surface area contributed by atoms with E-state index >= 15 is 0 Å². The van der Waals surface area contributed by atoms with Gasteiger partial charge in [-0.3, -0.25) is 0 Å². The number of carbonyl (C=O) groups excluding carboxylic acids is 1.